The van der Waals surface area contributed by atoms with Crippen molar-refractivity contribution in [1.29, 1.82) is 0 Å². The van der Waals surface area contributed by atoms with Gasteiger partial charge in [-0.2, -0.15) is 0 Å². The van der Waals surface area contributed by atoms with Crippen LogP contribution in [0.4, 0.5) is 0 Å². The molecule has 1 aromatic rings. The van der Waals surface area contributed by atoms with E-state index in [1.807, 2.05) is 0 Å². The summed E-state index contributed by atoms with van der Waals surface area (Å²) in [6, 6.07) is 8.99. The zero-order valence-corrected chi connectivity index (χ0v) is 15.2. The average Bonchev–Trinajstić information content (AvgIpc) is 2.59. The van der Waals surface area contributed by atoms with Crippen molar-refractivity contribution in [3.8, 4) is 0 Å². The van der Waals surface area contributed by atoms with Crippen molar-refractivity contribution in [2.45, 2.75) is 29.4 Å². The average molecular weight is 454 g/mol. The van der Waals surface area contributed by atoms with Crippen LogP contribution in [0.2, 0.25) is 3.67 Å². The van der Waals surface area contributed by atoms with E-state index in [2.05, 4.69) is 24.3 Å². The first-order valence-electron chi connectivity index (χ1n) is 5.37. The summed E-state index contributed by atoms with van der Waals surface area (Å²) in [4.78, 5) is 0. The second-order valence-corrected chi connectivity index (χ2v) is 6.79. The first-order chi connectivity index (χ1) is 6.86. The summed E-state index contributed by atoms with van der Waals surface area (Å²) in [5.74, 6) is 0. The Hall–Kier alpha value is 0.700. The Morgan fingerprint density at radius 2 is 1.76 bits per heavy atom. The predicted octanol–water partition coefficient (Wildman–Crippen LogP) is -5.47. The van der Waals surface area contributed by atoms with Crippen LogP contribution in [0.5, 0.6) is 0 Å². The Morgan fingerprint density at radius 3 is 2.53 bits per heavy atom. The van der Waals surface area contributed by atoms with Crippen molar-refractivity contribution in [1.82, 2.24) is 0 Å². The summed E-state index contributed by atoms with van der Waals surface area (Å²) in [6.07, 6.45) is 5.48. The number of halogens is 3. The molecule has 0 saturated heterocycles. The fourth-order valence-corrected chi connectivity index (χ4v) is 4.47. The first-order valence-corrected chi connectivity index (χ1v) is 7.45. The van der Waals surface area contributed by atoms with Crippen LogP contribution in [-0.2, 0) is 30.8 Å². The van der Waals surface area contributed by atoms with E-state index in [4.69, 9.17) is 0 Å². The van der Waals surface area contributed by atoms with Crippen LogP contribution in [0.15, 0.2) is 29.8 Å². The molecule has 3 rings (SSSR count). The van der Waals surface area contributed by atoms with E-state index in [1.54, 1.807) is 22.3 Å². The third-order valence-electron chi connectivity index (χ3n) is 3.45. The van der Waals surface area contributed by atoms with Gasteiger partial charge in [0.05, 0.1) is 0 Å². The normalized spacial score (nSPS) is 20.5. The van der Waals surface area contributed by atoms with Crippen molar-refractivity contribution < 1.29 is 61.6 Å². The maximum atomic E-state index is 2.32. The molecule has 0 aliphatic heterocycles. The summed E-state index contributed by atoms with van der Waals surface area (Å²) in [5, 5.41) is 0. The van der Waals surface area contributed by atoms with E-state index in [0.717, 1.165) is 3.67 Å². The van der Waals surface area contributed by atoms with Gasteiger partial charge in [-0.05, 0) is 0 Å². The van der Waals surface area contributed by atoms with Gasteiger partial charge in [-0.25, -0.2) is 0 Å². The molecule has 0 radical (unpaired) electrons. The predicted molar refractivity (Wildman–Crippen MR) is 54.7 cm³/mol. The standard InChI is InChI=1S/C13H13.3ClH.Hf/c1-3-7-12-10(5-1)9-11-6-2-4-8-13(11)12;;;;/h1,3,5-7H,2,4,8-9H2;3*1H;/q;;;;+3/p-3. The topological polar surface area (TPSA) is 0 Å². The van der Waals surface area contributed by atoms with Crippen LogP contribution in [-0.4, -0.2) is 0 Å². The molecule has 4 heteroatoms. The van der Waals surface area contributed by atoms with E-state index >= 15 is 0 Å². The van der Waals surface area contributed by atoms with Gasteiger partial charge in [-0.3, -0.25) is 0 Å². The molecule has 90 valence electrons. The Kier molecular flexibility index (Phi) is 7.63. The van der Waals surface area contributed by atoms with Gasteiger partial charge in [0, 0.05) is 0 Å². The Labute approximate surface area is 136 Å². The molecule has 0 N–H and O–H groups in total. The Morgan fingerprint density at radius 1 is 1.06 bits per heavy atom. The van der Waals surface area contributed by atoms with Crippen molar-refractivity contribution in [3.05, 3.63) is 41.0 Å². The Balaban J connectivity index is 0.000000853. The van der Waals surface area contributed by atoms with E-state index in [-0.39, 0.29) is 37.2 Å². The molecule has 0 aromatic heterocycles. The molecule has 0 saturated carbocycles. The second kappa shape index (κ2) is 7.33. The molecule has 0 nitrogen and oxygen atoms in total. The minimum atomic E-state index is 0. The van der Waals surface area contributed by atoms with Crippen molar-refractivity contribution in [2.75, 3.05) is 0 Å². The molecule has 2 aliphatic carbocycles. The maximum absolute atomic E-state index is 2.32. The van der Waals surface area contributed by atoms with Gasteiger partial charge < -0.3 is 37.2 Å². The number of hydrogen-bond donors (Lipinski definition) is 0. The summed E-state index contributed by atoms with van der Waals surface area (Å²) in [6.45, 7) is 0. The Bertz CT molecular complexity index is 415. The molecule has 2 aliphatic rings. The molecule has 17 heavy (non-hydrogen) atoms. The fourth-order valence-electron chi connectivity index (χ4n) is 2.74. The zero-order chi connectivity index (χ0) is 9.54. The summed E-state index contributed by atoms with van der Waals surface area (Å²) < 4.78 is 0.964. The number of benzene rings is 1. The number of rotatable bonds is 0. The van der Waals surface area contributed by atoms with Crippen molar-refractivity contribution in [2.24, 2.45) is 0 Å². The van der Waals surface area contributed by atoms with Gasteiger partial charge in [0.25, 0.3) is 0 Å². The fraction of sp³-hybridized carbons (Fsp3) is 0.385. The van der Waals surface area contributed by atoms with Crippen LogP contribution < -0.4 is 37.2 Å². The first kappa shape index (κ1) is 17.7. The summed E-state index contributed by atoms with van der Waals surface area (Å²) >= 11 is 1.35. The van der Waals surface area contributed by atoms with E-state index in [0.29, 0.717) is 0 Å². The molecule has 0 amide bonds. The summed E-state index contributed by atoms with van der Waals surface area (Å²) in [7, 11) is 0. The molecular formula is C13H13Cl3Hf. The van der Waals surface area contributed by atoms with Crippen LogP contribution in [0.1, 0.15) is 30.4 Å². The number of hydrogen-bond acceptors (Lipinski definition) is 0. The molecular weight excluding hydrogens is 441 g/mol. The molecule has 0 heterocycles. The molecule has 0 fully saturated rings. The van der Waals surface area contributed by atoms with Crippen LogP contribution in [0.3, 0.4) is 0 Å². The molecule has 0 bridgehead atoms. The van der Waals surface area contributed by atoms with Gasteiger partial charge in [-0.15, -0.1) is 0 Å². The van der Waals surface area contributed by atoms with Gasteiger partial charge in [0.1, 0.15) is 0 Å². The number of allylic oxidation sites excluding steroid dienone is 2. The number of fused-ring (bicyclic) bond motifs is 2. The molecule has 1 aromatic carbocycles. The van der Waals surface area contributed by atoms with Gasteiger partial charge in [0.15, 0.2) is 0 Å². The van der Waals surface area contributed by atoms with Crippen LogP contribution >= 0.6 is 0 Å². The van der Waals surface area contributed by atoms with Crippen LogP contribution in [0.25, 0.3) is 5.57 Å². The quantitative estimate of drug-likeness (QED) is 0.344. The van der Waals surface area contributed by atoms with E-state index in [1.165, 1.54) is 50.1 Å². The van der Waals surface area contributed by atoms with E-state index in [9.17, 15) is 0 Å². The monoisotopic (exact) mass is 454 g/mol. The second-order valence-electron chi connectivity index (χ2n) is 4.28. The van der Waals surface area contributed by atoms with Gasteiger partial charge >= 0.3 is 100 Å². The SMILES string of the molecule is [Cl-].[Cl-].[Cl-].[Hf+3][CH]1CCCC2=C1Cc1ccccc12. The third kappa shape index (κ3) is 3.18. The zero-order valence-electron chi connectivity index (χ0n) is 9.35. The van der Waals surface area contributed by atoms with Crippen molar-refractivity contribution >= 4 is 5.57 Å². The summed E-state index contributed by atoms with van der Waals surface area (Å²) in [5.41, 5.74) is 6.67. The van der Waals surface area contributed by atoms with E-state index < -0.39 is 0 Å². The van der Waals surface area contributed by atoms with Crippen molar-refractivity contribution in [3.63, 3.8) is 0 Å². The van der Waals surface area contributed by atoms with Crippen LogP contribution in [0, 0.1) is 0 Å². The third-order valence-corrected chi connectivity index (χ3v) is 5.74. The molecule has 1 atom stereocenters. The van der Waals surface area contributed by atoms with Gasteiger partial charge in [0.2, 0.25) is 0 Å². The molecule has 1 unspecified atom stereocenters. The van der Waals surface area contributed by atoms with Gasteiger partial charge in [-0.1, -0.05) is 0 Å². The molecule has 0 spiro atoms. The minimum absolute atomic E-state index is 0.